The third kappa shape index (κ3) is 2.52. The zero-order valence-electron chi connectivity index (χ0n) is 7.40. The first-order valence-electron chi connectivity index (χ1n) is 3.99. The van der Waals surface area contributed by atoms with E-state index in [0.717, 1.165) is 11.1 Å². The van der Waals surface area contributed by atoms with E-state index in [9.17, 15) is 4.79 Å². The Labute approximate surface area is 76.4 Å². The van der Waals surface area contributed by atoms with E-state index < -0.39 is 12.0 Å². The first-order valence-corrected chi connectivity index (χ1v) is 3.99. The minimum absolute atomic E-state index is 0.328. The summed E-state index contributed by atoms with van der Waals surface area (Å²) in [7, 11) is 0. The lowest BCUT2D eigenvalue weighted by Gasteiger charge is -2.07. The molecule has 0 aliphatic carbocycles. The van der Waals surface area contributed by atoms with E-state index in [1.54, 1.807) is 12.4 Å². The molecule has 0 amide bonds. The number of aryl methyl sites for hydroxylation is 1. The van der Waals surface area contributed by atoms with Gasteiger partial charge in [0.25, 0.3) is 0 Å². The minimum Gasteiger partial charge on any atom is -0.480 e. The molecule has 1 atom stereocenters. The van der Waals surface area contributed by atoms with Crippen molar-refractivity contribution in [1.82, 2.24) is 4.98 Å². The van der Waals surface area contributed by atoms with Gasteiger partial charge in [-0.1, -0.05) is 0 Å². The van der Waals surface area contributed by atoms with Gasteiger partial charge in [0.1, 0.15) is 6.04 Å². The second-order valence-corrected chi connectivity index (χ2v) is 2.95. The van der Waals surface area contributed by atoms with Crippen LogP contribution in [0, 0.1) is 6.92 Å². The van der Waals surface area contributed by atoms with E-state index in [1.807, 2.05) is 13.0 Å². The standard InChI is InChI=1S/C9H12N2O2/c1-6-2-3-11-5-7(6)4-8(10)9(12)13/h2-3,5,8H,4,10H2,1H3,(H,12,13)/t8-/m1/s1. The van der Waals surface area contributed by atoms with Crippen LogP contribution in [0.2, 0.25) is 0 Å². The Kier molecular flexibility index (Phi) is 2.97. The van der Waals surface area contributed by atoms with Crippen LogP contribution >= 0.6 is 0 Å². The number of carboxylic acid groups (broad SMARTS) is 1. The van der Waals surface area contributed by atoms with E-state index in [2.05, 4.69) is 4.98 Å². The molecule has 1 aromatic heterocycles. The first kappa shape index (κ1) is 9.67. The molecule has 70 valence electrons. The Morgan fingerprint density at radius 1 is 1.77 bits per heavy atom. The first-order chi connectivity index (χ1) is 6.11. The van der Waals surface area contributed by atoms with Crippen molar-refractivity contribution in [3.05, 3.63) is 29.6 Å². The molecule has 13 heavy (non-hydrogen) atoms. The van der Waals surface area contributed by atoms with E-state index in [0.29, 0.717) is 6.42 Å². The fourth-order valence-corrected chi connectivity index (χ4v) is 1.03. The molecule has 0 fully saturated rings. The summed E-state index contributed by atoms with van der Waals surface area (Å²) in [5.74, 6) is -0.983. The molecule has 4 heteroatoms. The molecule has 3 N–H and O–H groups in total. The van der Waals surface area contributed by atoms with Gasteiger partial charge in [-0.05, 0) is 30.5 Å². The molecule has 0 aliphatic rings. The molecular weight excluding hydrogens is 168 g/mol. The second kappa shape index (κ2) is 4.00. The van der Waals surface area contributed by atoms with Crippen molar-refractivity contribution >= 4 is 5.97 Å². The topological polar surface area (TPSA) is 76.2 Å². The highest BCUT2D eigenvalue weighted by Gasteiger charge is 2.12. The Bertz CT molecular complexity index is 312. The molecule has 0 bridgehead atoms. The lowest BCUT2D eigenvalue weighted by Crippen LogP contribution is -2.32. The molecule has 1 aromatic rings. The van der Waals surface area contributed by atoms with Gasteiger partial charge in [-0.2, -0.15) is 0 Å². The molecule has 0 aliphatic heterocycles. The molecule has 1 heterocycles. The van der Waals surface area contributed by atoms with Crippen molar-refractivity contribution in [2.75, 3.05) is 0 Å². The second-order valence-electron chi connectivity index (χ2n) is 2.95. The SMILES string of the molecule is Cc1ccncc1C[C@@H](N)C(=O)O. The van der Waals surface area contributed by atoms with Gasteiger partial charge in [0.15, 0.2) is 0 Å². The highest BCUT2D eigenvalue weighted by Crippen LogP contribution is 2.06. The highest BCUT2D eigenvalue weighted by molar-refractivity contribution is 5.73. The van der Waals surface area contributed by atoms with Crippen molar-refractivity contribution in [2.24, 2.45) is 5.73 Å². The van der Waals surface area contributed by atoms with Crippen LogP contribution in [0.4, 0.5) is 0 Å². The van der Waals surface area contributed by atoms with Crippen LogP contribution in [0.1, 0.15) is 11.1 Å². The maximum Gasteiger partial charge on any atom is 0.320 e. The number of carbonyl (C=O) groups is 1. The lowest BCUT2D eigenvalue weighted by molar-refractivity contribution is -0.138. The predicted octanol–water partition coefficient (Wildman–Crippen LogP) is 0.344. The molecule has 0 aromatic carbocycles. The van der Waals surface area contributed by atoms with Crippen LogP contribution in [0.15, 0.2) is 18.5 Å². The Morgan fingerprint density at radius 2 is 2.46 bits per heavy atom. The molecule has 0 unspecified atom stereocenters. The van der Waals surface area contributed by atoms with Gasteiger partial charge in [0.2, 0.25) is 0 Å². The fourth-order valence-electron chi connectivity index (χ4n) is 1.03. The van der Waals surface area contributed by atoms with Crippen molar-refractivity contribution in [3.63, 3.8) is 0 Å². The Morgan fingerprint density at radius 3 is 3.00 bits per heavy atom. The van der Waals surface area contributed by atoms with Crippen molar-refractivity contribution in [1.29, 1.82) is 0 Å². The van der Waals surface area contributed by atoms with Crippen molar-refractivity contribution < 1.29 is 9.90 Å². The molecule has 0 radical (unpaired) electrons. The number of rotatable bonds is 3. The van der Waals surface area contributed by atoms with E-state index in [1.165, 1.54) is 0 Å². The van der Waals surface area contributed by atoms with Crippen LogP contribution in [-0.4, -0.2) is 22.1 Å². The fraction of sp³-hybridized carbons (Fsp3) is 0.333. The third-order valence-corrected chi connectivity index (χ3v) is 1.90. The number of aromatic nitrogens is 1. The Balaban J connectivity index is 2.74. The van der Waals surface area contributed by atoms with Gasteiger partial charge in [0.05, 0.1) is 0 Å². The number of nitrogens with zero attached hydrogens (tertiary/aromatic N) is 1. The normalized spacial score (nSPS) is 12.5. The van der Waals surface area contributed by atoms with Gasteiger partial charge in [-0.15, -0.1) is 0 Å². The smallest absolute Gasteiger partial charge is 0.320 e. The summed E-state index contributed by atoms with van der Waals surface area (Å²) in [5, 5.41) is 8.59. The average Bonchev–Trinajstić information content (AvgIpc) is 2.08. The van der Waals surface area contributed by atoms with E-state index in [-0.39, 0.29) is 0 Å². The van der Waals surface area contributed by atoms with E-state index >= 15 is 0 Å². The largest absolute Gasteiger partial charge is 0.480 e. The number of hydrogen-bond donors (Lipinski definition) is 2. The van der Waals surface area contributed by atoms with Gasteiger partial charge in [-0.25, -0.2) is 0 Å². The number of pyridine rings is 1. The number of aliphatic carboxylic acids is 1. The van der Waals surface area contributed by atoms with Crippen molar-refractivity contribution in [2.45, 2.75) is 19.4 Å². The monoisotopic (exact) mass is 180 g/mol. The van der Waals surface area contributed by atoms with Gasteiger partial charge < -0.3 is 10.8 Å². The van der Waals surface area contributed by atoms with Gasteiger partial charge >= 0.3 is 5.97 Å². The summed E-state index contributed by atoms with van der Waals surface area (Å²) in [6.45, 7) is 1.91. The molecule has 0 saturated heterocycles. The Hall–Kier alpha value is -1.42. The van der Waals surface area contributed by atoms with Gasteiger partial charge in [0, 0.05) is 12.4 Å². The molecular formula is C9H12N2O2. The summed E-state index contributed by atoms with van der Waals surface area (Å²) >= 11 is 0. The summed E-state index contributed by atoms with van der Waals surface area (Å²) < 4.78 is 0. The van der Waals surface area contributed by atoms with Crippen LogP contribution < -0.4 is 5.73 Å². The van der Waals surface area contributed by atoms with Crippen LogP contribution in [0.5, 0.6) is 0 Å². The lowest BCUT2D eigenvalue weighted by atomic mass is 10.0. The molecule has 1 rings (SSSR count). The molecule has 4 nitrogen and oxygen atoms in total. The van der Waals surface area contributed by atoms with Crippen LogP contribution in [-0.2, 0) is 11.2 Å². The minimum atomic E-state index is -0.983. The van der Waals surface area contributed by atoms with E-state index in [4.69, 9.17) is 10.8 Å². The highest BCUT2D eigenvalue weighted by atomic mass is 16.4. The summed E-state index contributed by atoms with van der Waals surface area (Å²) in [4.78, 5) is 14.4. The number of nitrogens with two attached hydrogens (primary N) is 1. The molecule has 0 saturated carbocycles. The number of hydrogen-bond acceptors (Lipinski definition) is 3. The average molecular weight is 180 g/mol. The number of carboxylic acids is 1. The maximum atomic E-state index is 10.5. The van der Waals surface area contributed by atoms with Crippen molar-refractivity contribution in [3.8, 4) is 0 Å². The zero-order chi connectivity index (χ0) is 9.84. The van der Waals surface area contributed by atoms with Crippen LogP contribution in [0.25, 0.3) is 0 Å². The third-order valence-electron chi connectivity index (χ3n) is 1.90. The summed E-state index contributed by atoms with van der Waals surface area (Å²) in [6.07, 6.45) is 3.65. The quantitative estimate of drug-likeness (QED) is 0.703. The molecule has 0 spiro atoms. The van der Waals surface area contributed by atoms with Crippen LogP contribution in [0.3, 0.4) is 0 Å². The maximum absolute atomic E-state index is 10.5. The summed E-state index contributed by atoms with van der Waals surface area (Å²) in [6, 6.07) is 0.993. The predicted molar refractivity (Wildman–Crippen MR) is 48.3 cm³/mol. The van der Waals surface area contributed by atoms with Gasteiger partial charge in [-0.3, -0.25) is 9.78 Å². The zero-order valence-corrected chi connectivity index (χ0v) is 7.40. The summed E-state index contributed by atoms with van der Waals surface area (Å²) in [5.41, 5.74) is 7.30.